The zero-order valence-electron chi connectivity index (χ0n) is 14.8. The molecule has 2 aromatic rings. The molecule has 6 nitrogen and oxygen atoms in total. The number of oxazole rings is 1. The number of rotatable bonds is 7. The molecule has 0 spiro atoms. The van der Waals surface area contributed by atoms with Crippen LogP contribution in [0.1, 0.15) is 23.6 Å². The number of aryl methyl sites for hydroxylation is 1. The summed E-state index contributed by atoms with van der Waals surface area (Å²) in [6, 6.07) is 9.93. The van der Waals surface area contributed by atoms with Crippen LogP contribution in [0.25, 0.3) is 0 Å². The molecule has 1 aromatic heterocycles. The van der Waals surface area contributed by atoms with Gasteiger partial charge in [0.15, 0.2) is 0 Å². The number of hydrogen-bond donors (Lipinski definition) is 0. The molecule has 0 bridgehead atoms. The van der Waals surface area contributed by atoms with Gasteiger partial charge in [-0.1, -0.05) is 6.07 Å². The van der Waals surface area contributed by atoms with Gasteiger partial charge >= 0.3 is 0 Å². The summed E-state index contributed by atoms with van der Waals surface area (Å²) in [4.78, 5) is 9.00. The average molecular weight is 340 g/mol. The molecular weight excluding hydrogens is 316 g/mol. The topological polar surface area (TPSA) is 65.5 Å². The van der Waals surface area contributed by atoms with E-state index in [4.69, 9.17) is 14.4 Å². The molecule has 3 rings (SSSR count). The van der Waals surface area contributed by atoms with Crippen LogP contribution in [0.2, 0.25) is 0 Å². The summed E-state index contributed by atoms with van der Waals surface area (Å²) in [6.07, 6.45) is 2.91. The van der Waals surface area contributed by atoms with Crippen LogP contribution < -0.4 is 4.74 Å². The molecule has 25 heavy (non-hydrogen) atoms. The van der Waals surface area contributed by atoms with E-state index < -0.39 is 0 Å². The Kier molecular flexibility index (Phi) is 5.69. The van der Waals surface area contributed by atoms with Gasteiger partial charge in [-0.05, 0) is 45.1 Å². The molecule has 1 aliphatic heterocycles. The minimum atomic E-state index is 0.508. The standard InChI is InChI=1S/C19H24N4O2/c1-15-12-21-19(25-15)14-22(2)17-6-7-23(13-17)8-9-24-18-5-3-4-16(10-18)11-20/h3-5,10,12,17H,6-9,13-14H2,1-2H3/t17-/m1/s1. The summed E-state index contributed by atoms with van der Waals surface area (Å²) in [5.74, 6) is 2.39. The van der Waals surface area contributed by atoms with E-state index in [-0.39, 0.29) is 0 Å². The monoisotopic (exact) mass is 340 g/mol. The van der Waals surface area contributed by atoms with Gasteiger partial charge in [0, 0.05) is 19.1 Å². The van der Waals surface area contributed by atoms with E-state index in [2.05, 4.69) is 27.9 Å². The predicted molar refractivity (Wildman–Crippen MR) is 94.2 cm³/mol. The van der Waals surface area contributed by atoms with Crippen molar-refractivity contribution in [1.29, 1.82) is 5.26 Å². The molecule has 6 heteroatoms. The second-order valence-corrected chi connectivity index (χ2v) is 6.51. The highest BCUT2D eigenvalue weighted by atomic mass is 16.5. The van der Waals surface area contributed by atoms with Crippen LogP contribution in [0.15, 0.2) is 34.9 Å². The van der Waals surface area contributed by atoms with Crippen LogP contribution in [0.3, 0.4) is 0 Å². The smallest absolute Gasteiger partial charge is 0.208 e. The van der Waals surface area contributed by atoms with E-state index in [0.29, 0.717) is 18.2 Å². The molecule has 0 aliphatic carbocycles. The first kappa shape index (κ1) is 17.5. The third-order valence-electron chi connectivity index (χ3n) is 4.56. The van der Waals surface area contributed by atoms with E-state index >= 15 is 0 Å². The first-order valence-electron chi connectivity index (χ1n) is 8.61. The van der Waals surface area contributed by atoms with Crippen LogP contribution in [0, 0.1) is 18.3 Å². The molecule has 1 saturated heterocycles. The molecule has 1 atom stereocenters. The molecular formula is C19H24N4O2. The van der Waals surface area contributed by atoms with E-state index in [0.717, 1.165) is 50.0 Å². The van der Waals surface area contributed by atoms with Crippen molar-refractivity contribution >= 4 is 0 Å². The third kappa shape index (κ3) is 4.81. The van der Waals surface area contributed by atoms with Crippen LogP contribution in [0.4, 0.5) is 0 Å². The molecule has 2 heterocycles. The van der Waals surface area contributed by atoms with Gasteiger partial charge in [0.05, 0.1) is 24.4 Å². The fourth-order valence-corrected chi connectivity index (χ4v) is 3.14. The lowest BCUT2D eigenvalue weighted by atomic mass is 10.2. The SMILES string of the molecule is Cc1cnc(CN(C)[C@@H]2CCN(CCOc3cccc(C#N)c3)C2)o1. The van der Waals surface area contributed by atoms with E-state index in [1.54, 1.807) is 18.3 Å². The molecule has 0 saturated carbocycles. The quantitative estimate of drug-likeness (QED) is 0.771. The minimum absolute atomic E-state index is 0.508. The van der Waals surface area contributed by atoms with E-state index in [9.17, 15) is 0 Å². The van der Waals surface area contributed by atoms with Crippen LogP contribution in [-0.2, 0) is 6.54 Å². The molecule has 0 radical (unpaired) electrons. The maximum Gasteiger partial charge on any atom is 0.208 e. The van der Waals surface area contributed by atoms with Crippen molar-refractivity contribution in [1.82, 2.24) is 14.8 Å². The van der Waals surface area contributed by atoms with Crippen molar-refractivity contribution in [2.45, 2.75) is 25.9 Å². The van der Waals surface area contributed by atoms with Gasteiger partial charge in [-0.3, -0.25) is 9.80 Å². The highest BCUT2D eigenvalue weighted by Gasteiger charge is 2.26. The Labute approximate surface area is 148 Å². The Balaban J connectivity index is 1.41. The first-order chi connectivity index (χ1) is 12.1. The molecule has 0 unspecified atom stereocenters. The lowest BCUT2D eigenvalue weighted by Crippen LogP contribution is -2.35. The molecule has 132 valence electrons. The highest BCUT2D eigenvalue weighted by Crippen LogP contribution is 2.17. The van der Waals surface area contributed by atoms with Gasteiger partial charge in [0.25, 0.3) is 0 Å². The van der Waals surface area contributed by atoms with Crippen molar-refractivity contribution in [3.63, 3.8) is 0 Å². The number of hydrogen-bond acceptors (Lipinski definition) is 6. The lowest BCUT2D eigenvalue weighted by Gasteiger charge is -2.23. The average Bonchev–Trinajstić information content (AvgIpc) is 3.24. The van der Waals surface area contributed by atoms with Crippen molar-refractivity contribution in [3.05, 3.63) is 47.7 Å². The fourth-order valence-electron chi connectivity index (χ4n) is 3.14. The molecule has 1 fully saturated rings. The predicted octanol–water partition coefficient (Wildman–Crippen LogP) is 2.44. The minimum Gasteiger partial charge on any atom is -0.492 e. The summed E-state index contributed by atoms with van der Waals surface area (Å²) in [5.41, 5.74) is 0.627. The lowest BCUT2D eigenvalue weighted by molar-refractivity contribution is 0.192. The number of ether oxygens (including phenoxy) is 1. The number of likely N-dealkylation sites (tertiary alicyclic amines) is 1. The largest absolute Gasteiger partial charge is 0.492 e. The third-order valence-corrected chi connectivity index (χ3v) is 4.56. The number of benzene rings is 1. The second-order valence-electron chi connectivity index (χ2n) is 6.51. The Hall–Kier alpha value is -2.36. The van der Waals surface area contributed by atoms with Gasteiger partial charge in [0.1, 0.15) is 18.1 Å². The molecule has 0 N–H and O–H groups in total. The Morgan fingerprint density at radius 2 is 2.36 bits per heavy atom. The normalized spacial score (nSPS) is 17.8. The summed E-state index contributed by atoms with van der Waals surface area (Å²) >= 11 is 0. The van der Waals surface area contributed by atoms with E-state index in [1.165, 1.54) is 0 Å². The van der Waals surface area contributed by atoms with Gasteiger partial charge in [-0.15, -0.1) is 0 Å². The van der Waals surface area contributed by atoms with Crippen molar-refractivity contribution in [3.8, 4) is 11.8 Å². The maximum absolute atomic E-state index is 8.92. The number of nitrogens with zero attached hydrogens (tertiary/aromatic N) is 4. The number of likely N-dealkylation sites (N-methyl/N-ethyl adjacent to an activating group) is 1. The maximum atomic E-state index is 8.92. The Bertz CT molecular complexity index is 737. The fraction of sp³-hybridized carbons (Fsp3) is 0.474. The second kappa shape index (κ2) is 8.15. The van der Waals surface area contributed by atoms with Crippen LogP contribution in [-0.4, -0.2) is 54.1 Å². The van der Waals surface area contributed by atoms with Crippen LogP contribution >= 0.6 is 0 Å². The summed E-state index contributed by atoms with van der Waals surface area (Å²) in [5, 5.41) is 8.92. The highest BCUT2D eigenvalue weighted by molar-refractivity contribution is 5.36. The van der Waals surface area contributed by atoms with Gasteiger partial charge in [-0.2, -0.15) is 5.26 Å². The van der Waals surface area contributed by atoms with Crippen molar-refractivity contribution in [2.24, 2.45) is 0 Å². The first-order valence-corrected chi connectivity index (χ1v) is 8.61. The van der Waals surface area contributed by atoms with Gasteiger partial charge in [0.2, 0.25) is 5.89 Å². The zero-order chi connectivity index (χ0) is 17.6. The Morgan fingerprint density at radius 1 is 1.48 bits per heavy atom. The van der Waals surface area contributed by atoms with Crippen LogP contribution in [0.5, 0.6) is 5.75 Å². The van der Waals surface area contributed by atoms with Crippen molar-refractivity contribution < 1.29 is 9.15 Å². The summed E-state index contributed by atoms with van der Waals surface area (Å²) in [6.45, 7) is 6.27. The summed E-state index contributed by atoms with van der Waals surface area (Å²) < 4.78 is 11.3. The molecule has 1 aromatic carbocycles. The molecule has 1 aliphatic rings. The Morgan fingerprint density at radius 3 is 3.12 bits per heavy atom. The summed E-state index contributed by atoms with van der Waals surface area (Å²) in [7, 11) is 2.12. The number of aromatic nitrogens is 1. The zero-order valence-corrected chi connectivity index (χ0v) is 14.8. The van der Waals surface area contributed by atoms with Crippen molar-refractivity contribution in [2.75, 3.05) is 33.3 Å². The molecule has 0 amide bonds. The van der Waals surface area contributed by atoms with Gasteiger partial charge in [-0.25, -0.2) is 4.98 Å². The van der Waals surface area contributed by atoms with E-state index in [1.807, 2.05) is 19.1 Å². The van der Waals surface area contributed by atoms with Gasteiger partial charge < -0.3 is 9.15 Å². The number of nitriles is 1.